The molecule has 40 heavy (non-hydrogen) atoms. The minimum Gasteiger partial charge on any atom is -0.495 e. The number of nitrogens with one attached hydrogen (secondary N) is 3. The van der Waals surface area contributed by atoms with Gasteiger partial charge >= 0.3 is 12.1 Å². The number of ether oxygens (including phenoxy) is 1. The number of anilines is 2. The number of rotatable bonds is 9. The maximum absolute atomic E-state index is 12.5. The SMILES string of the molecule is COc1cc(C(=O)NCCCN(C)C)ccc1Nc1cncc(-c2cc3ccccc3[nH]2)n1.O=C(O)C(F)(F)F. The number of aromatic nitrogens is 3. The summed E-state index contributed by atoms with van der Waals surface area (Å²) < 4.78 is 37.3. The number of carbonyl (C=O) groups is 2. The van der Waals surface area contributed by atoms with E-state index >= 15 is 0 Å². The van der Waals surface area contributed by atoms with E-state index in [0.29, 0.717) is 29.4 Å². The highest BCUT2D eigenvalue weighted by Crippen LogP contribution is 2.29. The second kappa shape index (κ2) is 13.4. The van der Waals surface area contributed by atoms with Gasteiger partial charge in [0.15, 0.2) is 0 Å². The second-order valence-corrected chi connectivity index (χ2v) is 8.82. The smallest absolute Gasteiger partial charge is 0.490 e. The Morgan fingerprint density at radius 3 is 2.48 bits per heavy atom. The maximum Gasteiger partial charge on any atom is 0.490 e. The van der Waals surface area contributed by atoms with Crippen molar-refractivity contribution in [1.29, 1.82) is 0 Å². The number of benzene rings is 2. The number of carboxylic acid groups (broad SMARTS) is 1. The minimum absolute atomic E-state index is 0.126. The number of H-pyrrole nitrogens is 1. The first-order valence-electron chi connectivity index (χ1n) is 12.1. The molecule has 10 nitrogen and oxygen atoms in total. The van der Waals surface area contributed by atoms with Crippen LogP contribution in [0.25, 0.3) is 22.3 Å². The largest absolute Gasteiger partial charge is 0.495 e. The summed E-state index contributed by atoms with van der Waals surface area (Å²) in [6, 6.07) is 15.4. The van der Waals surface area contributed by atoms with Gasteiger partial charge in [0.25, 0.3) is 5.91 Å². The second-order valence-electron chi connectivity index (χ2n) is 8.82. The summed E-state index contributed by atoms with van der Waals surface area (Å²) in [6.07, 6.45) is -0.825. The predicted molar refractivity (Wildman–Crippen MR) is 145 cm³/mol. The van der Waals surface area contributed by atoms with Crippen molar-refractivity contribution in [3.63, 3.8) is 0 Å². The number of alkyl halides is 3. The van der Waals surface area contributed by atoms with E-state index in [1.807, 2.05) is 38.4 Å². The first kappa shape index (κ1) is 29.9. The number of aliphatic carboxylic acids is 1. The molecule has 0 fully saturated rings. The van der Waals surface area contributed by atoms with Crippen LogP contribution >= 0.6 is 0 Å². The summed E-state index contributed by atoms with van der Waals surface area (Å²) in [5.74, 6) is -1.76. The zero-order valence-corrected chi connectivity index (χ0v) is 22.0. The van der Waals surface area contributed by atoms with Crippen LogP contribution in [0.15, 0.2) is 60.9 Å². The number of carbonyl (C=O) groups excluding carboxylic acids is 1. The quantitative estimate of drug-likeness (QED) is 0.218. The molecule has 0 saturated heterocycles. The number of methoxy groups -OCH3 is 1. The van der Waals surface area contributed by atoms with Crippen molar-refractivity contribution in [2.24, 2.45) is 0 Å². The number of hydrogen-bond acceptors (Lipinski definition) is 7. The fourth-order valence-corrected chi connectivity index (χ4v) is 3.54. The van der Waals surface area contributed by atoms with Gasteiger partial charge in [-0.2, -0.15) is 13.2 Å². The lowest BCUT2D eigenvalue weighted by molar-refractivity contribution is -0.192. The van der Waals surface area contributed by atoms with Crippen molar-refractivity contribution >= 4 is 34.3 Å². The Hall–Kier alpha value is -4.65. The van der Waals surface area contributed by atoms with Gasteiger partial charge in [0, 0.05) is 23.0 Å². The number of halogens is 3. The van der Waals surface area contributed by atoms with Crippen LogP contribution in [0.3, 0.4) is 0 Å². The Labute approximate surface area is 228 Å². The molecule has 2 aromatic carbocycles. The Kier molecular flexibility index (Phi) is 10.0. The van der Waals surface area contributed by atoms with Crippen LogP contribution in [0.1, 0.15) is 16.8 Å². The van der Waals surface area contributed by atoms with E-state index < -0.39 is 12.1 Å². The molecule has 0 radical (unpaired) electrons. The molecule has 0 spiro atoms. The molecule has 4 N–H and O–H groups in total. The fourth-order valence-electron chi connectivity index (χ4n) is 3.54. The lowest BCUT2D eigenvalue weighted by Crippen LogP contribution is -2.27. The molecule has 4 aromatic rings. The lowest BCUT2D eigenvalue weighted by Gasteiger charge is -2.13. The number of fused-ring (bicyclic) bond motifs is 1. The average Bonchev–Trinajstić information content (AvgIpc) is 3.36. The summed E-state index contributed by atoms with van der Waals surface area (Å²) in [5, 5.41) is 14.4. The molecule has 13 heteroatoms. The highest BCUT2D eigenvalue weighted by atomic mass is 19.4. The lowest BCUT2D eigenvalue weighted by atomic mass is 10.1. The molecule has 4 rings (SSSR count). The van der Waals surface area contributed by atoms with Crippen molar-refractivity contribution in [3.05, 3.63) is 66.5 Å². The maximum atomic E-state index is 12.5. The summed E-state index contributed by atoms with van der Waals surface area (Å²) in [6.45, 7) is 1.54. The van der Waals surface area contributed by atoms with Gasteiger partial charge in [-0.25, -0.2) is 9.78 Å². The molecule has 0 aliphatic rings. The Morgan fingerprint density at radius 2 is 1.82 bits per heavy atom. The van der Waals surface area contributed by atoms with Crippen LogP contribution in [0, 0.1) is 0 Å². The van der Waals surface area contributed by atoms with E-state index in [-0.39, 0.29) is 5.91 Å². The molecule has 2 aromatic heterocycles. The first-order chi connectivity index (χ1) is 19.0. The molecule has 0 bridgehead atoms. The van der Waals surface area contributed by atoms with Crippen molar-refractivity contribution in [2.45, 2.75) is 12.6 Å². The summed E-state index contributed by atoms with van der Waals surface area (Å²) in [7, 11) is 5.60. The van der Waals surface area contributed by atoms with Gasteiger partial charge in [-0.05, 0) is 57.4 Å². The van der Waals surface area contributed by atoms with E-state index in [0.717, 1.165) is 35.3 Å². The minimum atomic E-state index is -5.08. The number of carboxylic acids is 1. The van der Waals surface area contributed by atoms with Gasteiger partial charge in [0.1, 0.15) is 17.3 Å². The summed E-state index contributed by atoms with van der Waals surface area (Å²) in [5.41, 5.74) is 3.90. The van der Waals surface area contributed by atoms with Crippen LogP contribution in [0.5, 0.6) is 5.75 Å². The van der Waals surface area contributed by atoms with Crippen LogP contribution in [0.2, 0.25) is 0 Å². The van der Waals surface area contributed by atoms with Gasteiger partial charge in [-0.1, -0.05) is 18.2 Å². The molecule has 1 amide bonds. The third-order valence-corrected chi connectivity index (χ3v) is 5.48. The molecule has 0 aliphatic carbocycles. The molecule has 0 aliphatic heterocycles. The van der Waals surface area contributed by atoms with Crippen molar-refractivity contribution in [2.75, 3.05) is 39.6 Å². The summed E-state index contributed by atoms with van der Waals surface area (Å²) in [4.78, 5) is 35.8. The molecule has 2 heterocycles. The highest BCUT2D eigenvalue weighted by Gasteiger charge is 2.38. The number of aromatic amines is 1. The third kappa shape index (κ3) is 8.43. The van der Waals surface area contributed by atoms with E-state index in [1.165, 1.54) is 0 Å². The monoisotopic (exact) mass is 558 g/mol. The fraction of sp³-hybridized carbons (Fsp3) is 0.259. The first-order valence-corrected chi connectivity index (χ1v) is 12.1. The van der Waals surface area contributed by atoms with Gasteiger partial charge in [0.05, 0.1) is 30.9 Å². The van der Waals surface area contributed by atoms with Crippen LogP contribution < -0.4 is 15.4 Å². The molecule has 0 atom stereocenters. The van der Waals surface area contributed by atoms with Gasteiger partial charge in [-0.15, -0.1) is 0 Å². The number of hydrogen-bond donors (Lipinski definition) is 4. The van der Waals surface area contributed by atoms with Crippen LogP contribution in [-0.2, 0) is 4.79 Å². The molecule has 0 unspecified atom stereocenters. The number of para-hydroxylation sites is 1. The average molecular weight is 559 g/mol. The van der Waals surface area contributed by atoms with E-state index in [2.05, 4.69) is 42.6 Å². The van der Waals surface area contributed by atoms with Gasteiger partial charge in [-0.3, -0.25) is 9.78 Å². The van der Waals surface area contributed by atoms with Crippen molar-refractivity contribution in [3.8, 4) is 17.1 Å². The van der Waals surface area contributed by atoms with Gasteiger partial charge in [0.2, 0.25) is 0 Å². The predicted octanol–water partition coefficient (Wildman–Crippen LogP) is 4.69. The zero-order chi connectivity index (χ0) is 29.3. The summed E-state index contributed by atoms with van der Waals surface area (Å²) >= 11 is 0. The number of nitrogens with zero attached hydrogens (tertiary/aromatic N) is 3. The highest BCUT2D eigenvalue weighted by molar-refractivity contribution is 5.95. The third-order valence-electron chi connectivity index (χ3n) is 5.48. The van der Waals surface area contributed by atoms with E-state index in [9.17, 15) is 18.0 Å². The molecular formula is C27H29F3N6O4. The normalized spacial score (nSPS) is 11.1. The number of amides is 1. The van der Waals surface area contributed by atoms with Crippen molar-refractivity contribution < 1.29 is 32.6 Å². The zero-order valence-electron chi connectivity index (χ0n) is 22.0. The van der Waals surface area contributed by atoms with E-state index in [4.69, 9.17) is 14.6 Å². The van der Waals surface area contributed by atoms with Crippen molar-refractivity contribution in [1.82, 2.24) is 25.2 Å². The van der Waals surface area contributed by atoms with Crippen LogP contribution in [0.4, 0.5) is 24.7 Å². The molecular weight excluding hydrogens is 529 g/mol. The Morgan fingerprint density at radius 1 is 1.10 bits per heavy atom. The Balaban J connectivity index is 0.000000559. The van der Waals surface area contributed by atoms with Crippen LogP contribution in [-0.4, -0.2) is 77.3 Å². The topological polar surface area (TPSA) is 132 Å². The van der Waals surface area contributed by atoms with E-state index in [1.54, 1.807) is 31.6 Å². The molecule has 0 saturated carbocycles. The van der Waals surface area contributed by atoms with Gasteiger partial charge < -0.3 is 30.4 Å². The standard InChI is InChI=1S/C25H28N6O2.C2HF3O2/c1-31(2)12-6-11-27-25(32)18-9-10-20(23(14-18)33-3)29-24-16-26-15-22(30-24)21-13-17-7-4-5-8-19(17)28-21;3-2(4,5)1(6)7/h4-5,7-10,13-16,28H,6,11-12H2,1-3H3,(H,27,32)(H,29,30);(H,6,7). The molecule has 212 valence electrons. The Bertz CT molecular complexity index is 1420.